The van der Waals surface area contributed by atoms with Crippen LogP contribution in [-0.4, -0.2) is 45.0 Å². The van der Waals surface area contributed by atoms with E-state index < -0.39 is 16.1 Å². The Balaban J connectivity index is 1.54. The molecule has 0 saturated heterocycles. The fourth-order valence-corrected chi connectivity index (χ4v) is 5.48. The molecular weight excluding hydrogens is 467 g/mol. The standard InChI is InChI=1S/C20H22Cl2N2O4S2/c1-2-30(26,27)24-12-19(28-18-6-4-3-5-17(18)24)20(25)23-9-10-29-13-14-7-8-15(21)11-16(14)22/h3-8,11,19H,2,9-10,12-13H2,1H3,(H,23,25)/t19-/m1/s1. The van der Waals surface area contributed by atoms with Crippen LogP contribution in [0.3, 0.4) is 0 Å². The molecule has 3 rings (SSSR count). The number of hydrogen-bond acceptors (Lipinski definition) is 5. The van der Waals surface area contributed by atoms with Gasteiger partial charge in [0.25, 0.3) is 5.91 Å². The van der Waals surface area contributed by atoms with Crippen LogP contribution < -0.4 is 14.4 Å². The Labute approximate surface area is 190 Å². The predicted octanol–water partition coefficient (Wildman–Crippen LogP) is 3.96. The molecule has 0 unspecified atom stereocenters. The average molecular weight is 489 g/mol. The number of amides is 1. The van der Waals surface area contributed by atoms with E-state index in [1.807, 2.05) is 6.07 Å². The summed E-state index contributed by atoms with van der Waals surface area (Å²) in [6.07, 6.45) is -0.906. The molecule has 6 nitrogen and oxygen atoms in total. The third-order valence-electron chi connectivity index (χ3n) is 4.55. The molecule has 0 saturated carbocycles. The summed E-state index contributed by atoms with van der Waals surface area (Å²) < 4.78 is 32.0. The molecule has 162 valence electrons. The summed E-state index contributed by atoms with van der Waals surface area (Å²) in [6.45, 7) is 1.95. The number of ether oxygens (including phenoxy) is 1. The number of hydrogen-bond donors (Lipinski definition) is 1. The lowest BCUT2D eigenvalue weighted by atomic mass is 10.2. The number of rotatable bonds is 8. The van der Waals surface area contributed by atoms with Gasteiger partial charge < -0.3 is 10.1 Å². The molecule has 1 heterocycles. The van der Waals surface area contributed by atoms with Crippen LogP contribution in [0.4, 0.5) is 5.69 Å². The Morgan fingerprint density at radius 2 is 2.03 bits per heavy atom. The van der Waals surface area contributed by atoms with Crippen LogP contribution in [0.1, 0.15) is 12.5 Å². The van der Waals surface area contributed by atoms with Gasteiger partial charge in [-0.15, -0.1) is 0 Å². The number of nitrogens with zero attached hydrogens (tertiary/aromatic N) is 1. The molecule has 0 fully saturated rings. The minimum atomic E-state index is -3.52. The van der Waals surface area contributed by atoms with Crippen LogP contribution in [0.5, 0.6) is 5.75 Å². The van der Waals surface area contributed by atoms with Gasteiger partial charge in [-0.25, -0.2) is 8.42 Å². The molecule has 1 atom stereocenters. The number of benzene rings is 2. The molecule has 0 bridgehead atoms. The van der Waals surface area contributed by atoms with Crippen LogP contribution in [0, 0.1) is 0 Å². The van der Waals surface area contributed by atoms with E-state index in [9.17, 15) is 13.2 Å². The topological polar surface area (TPSA) is 75.7 Å². The van der Waals surface area contributed by atoms with Crippen molar-refractivity contribution >= 4 is 56.6 Å². The van der Waals surface area contributed by atoms with Crippen molar-refractivity contribution < 1.29 is 17.9 Å². The highest BCUT2D eigenvalue weighted by atomic mass is 35.5. The summed E-state index contributed by atoms with van der Waals surface area (Å²) in [5.74, 6) is 1.35. The quantitative estimate of drug-likeness (QED) is 0.569. The SMILES string of the molecule is CCS(=O)(=O)N1C[C@H](C(=O)NCCSCc2ccc(Cl)cc2Cl)Oc2ccccc21. The fraction of sp³-hybridized carbons (Fsp3) is 0.350. The summed E-state index contributed by atoms with van der Waals surface area (Å²) in [5, 5.41) is 4.03. The molecule has 2 aromatic rings. The molecule has 0 spiro atoms. The highest BCUT2D eigenvalue weighted by Gasteiger charge is 2.35. The zero-order valence-corrected chi connectivity index (χ0v) is 19.5. The number of fused-ring (bicyclic) bond motifs is 1. The van der Waals surface area contributed by atoms with Gasteiger partial charge in [-0.1, -0.05) is 41.4 Å². The van der Waals surface area contributed by atoms with Crippen molar-refractivity contribution in [2.75, 3.05) is 28.9 Å². The lowest BCUT2D eigenvalue weighted by Crippen LogP contribution is -2.51. The van der Waals surface area contributed by atoms with E-state index in [0.717, 1.165) is 5.56 Å². The molecule has 1 N–H and O–H groups in total. The summed E-state index contributed by atoms with van der Waals surface area (Å²) in [6, 6.07) is 12.2. The normalized spacial score (nSPS) is 16.0. The van der Waals surface area contributed by atoms with Crippen molar-refractivity contribution in [2.24, 2.45) is 0 Å². The zero-order valence-electron chi connectivity index (χ0n) is 16.3. The van der Waals surface area contributed by atoms with Crippen molar-refractivity contribution in [1.29, 1.82) is 0 Å². The predicted molar refractivity (Wildman–Crippen MR) is 123 cm³/mol. The molecule has 1 aliphatic rings. The second-order valence-electron chi connectivity index (χ2n) is 6.59. The molecule has 0 radical (unpaired) electrons. The van der Waals surface area contributed by atoms with E-state index in [-0.39, 0.29) is 18.2 Å². The largest absolute Gasteiger partial charge is 0.476 e. The van der Waals surface area contributed by atoms with Gasteiger partial charge in [0.15, 0.2) is 6.10 Å². The Bertz CT molecular complexity index is 1020. The van der Waals surface area contributed by atoms with E-state index >= 15 is 0 Å². The van der Waals surface area contributed by atoms with Gasteiger partial charge in [0.2, 0.25) is 10.0 Å². The van der Waals surface area contributed by atoms with Crippen LogP contribution in [0.2, 0.25) is 10.0 Å². The molecule has 30 heavy (non-hydrogen) atoms. The third-order valence-corrected chi connectivity index (χ3v) is 7.89. The second kappa shape index (κ2) is 10.1. The van der Waals surface area contributed by atoms with Crippen LogP contribution in [0.25, 0.3) is 0 Å². The Morgan fingerprint density at radius 1 is 1.27 bits per heavy atom. The number of sulfonamides is 1. The van der Waals surface area contributed by atoms with E-state index in [0.29, 0.717) is 39.5 Å². The third kappa shape index (κ3) is 5.55. The number of carbonyl (C=O) groups excluding carboxylic acids is 1. The van der Waals surface area contributed by atoms with Crippen LogP contribution in [0.15, 0.2) is 42.5 Å². The molecule has 1 amide bonds. The second-order valence-corrected chi connectivity index (χ2v) is 10.7. The number of para-hydroxylation sites is 2. The molecule has 0 aromatic heterocycles. The molecule has 2 aromatic carbocycles. The van der Waals surface area contributed by atoms with Gasteiger partial charge in [0, 0.05) is 28.1 Å². The minimum Gasteiger partial charge on any atom is -0.476 e. The average Bonchev–Trinajstić information content (AvgIpc) is 2.73. The first-order valence-electron chi connectivity index (χ1n) is 9.37. The number of thioether (sulfide) groups is 1. The first kappa shape index (κ1) is 23.1. The maximum Gasteiger partial charge on any atom is 0.263 e. The van der Waals surface area contributed by atoms with Gasteiger partial charge in [-0.2, -0.15) is 11.8 Å². The number of anilines is 1. The van der Waals surface area contributed by atoms with Crippen molar-refractivity contribution in [3.63, 3.8) is 0 Å². The Hall–Kier alpha value is -1.61. The van der Waals surface area contributed by atoms with Crippen molar-refractivity contribution in [2.45, 2.75) is 18.8 Å². The van der Waals surface area contributed by atoms with Gasteiger partial charge in [0.05, 0.1) is 18.0 Å². The molecule has 1 aliphatic heterocycles. The van der Waals surface area contributed by atoms with Gasteiger partial charge in [-0.05, 0) is 36.8 Å². The lowest BCUT2D eigenvalue weighted by molar-refractivity contribution is -0.127. The van der Waals surface area contributed by atoms with E-state index in [2.05, 4.69) is 5.32 Å². The Morgan fingerprint density at radius 3 is 2.77 bits per heavy atom. The maximum atomic E-state index is 12.6. The fourth-order valence-electron chi connectivity index (χ4n) is 2.94. The first-order valence-corrected chi connectivity index (χ1v) is 12.9. The summed E-state index contributed by atoms with van der Waals surface area (Å²) in [7, 11) is -3.52. The van der Waals surface area contributed by atoms with Crippen molar-refractivity contribution in [3.8, 4) is 5.75 Å². The van der Waals surface area contributed by atoms with Crippen LogP contribution >= 0.6 is 35.0 Å². The van der Waals surface area contributed by atoms with Gasteiger partial charge in [0.1, 0.15) is 5.75 Å². The number of halogens is 2. The zero-order chi connectivity index (χ0) is 21.7. The smallest absolute Gasteiger partial charge is 0.263 e. The van der Waals surface area contributed by atoms with Gasteiger partial charge >= 0.3 is 0 Å². The summed E-state index contributed by atoms with van der Waals surface area (Å²) in [4.78, 5) is 12.6. The van der Waals surface area contributed by atoms with E-state index in [4.69, 9.17) is 27.9 Å². The van der Waals surface area contributed by atoms with E-state index in [1.54, 1.807) is 55.1 Å². The summed E-state index contributed by atoms with van der Waals surface area (Å²) >= 11 is 13.7. The van der Waals surface area contributed by atoms with E-state index in [1.165, 1.54) is 4.31 Å². The van der Waals surface area contributed by atoms with Crippen molar-refractivity contribution in [3.05, 3.63) is 58.1 Å². The highest BCUT2D eigenvalue weighted by Crippen LogP contribution is 2.35. The monoisotopic (exact) mass is 488 g/mol. The van der Waals surface area contributed by atoms with Gasteiger partial charge in [-0.3, -0.25) is 9.10 Å². The maximum absolute atomic E-state index is 12.6. The van der Waals surface area contributed by atoms with Crippen LogP contribution in [-0.2, 0) is 20.6 Å². The minimum absolute atomic E-state index is 0.0491. The molecule has 10 heteroatoms. The number of nitrogens with one attached hydrogen (secondary N) is 1. The lowest BCUT2D eigenvalue weighted by Gasteiger charge is -2.34. The first-order chi connectivity index (χ1) is 14.3. The molecule has 0 aliphatic carbocycles. The highest BCUT2D eigenvalue weighted by molar-refractivity contribution is 7.98. The number of carbonyl (C=O) groups is 1. The Kier molecular flexibility index (Phi) is 7.79. The molecular formula is C20H22Cl2N2O4S2. The summed E-state index contributed by atoms with van der Waals surface area (Å²) in [5.41, 5.74) is 1.43. The van der Waals surface area contributed by atoms with Crippen molar-refractivity contribution in [1.82, 2.24) is 5.32 Å².